The molecule has 1 aromatic carbocycles. The van der Waals surface area contributed by atoms with Crippen LogP contribution in [0.15, 0.2) is 36.7 Å². The van der Waals surface area contributed by atoms with Gasteiger partial charge in [-0.05, 0) is 31.0 Å². The van der Waals surface area contributed by atoms with Gasteiger partial charge in [-0.3, -0.25) is 4.68 Å². The zero-order chi connectivity index (χ0) is 13.9. The molecular weight excluding hydrogens is 243 g/mol. The summed E-state index contributed by atoms with van der Waals surface area (Å²) in [6.07, 6.45) is 4.88. The fourth-order valence-electron chi connectivity index (χ4n) is 2.14. The predicted molar refractivity (Wildman–Crippen MR) is 72.2 cm³/mol. The number of rotatable bonds is 5. The van der Waals surface area contributed by atoms with Gasteiger partial charge in [0.1, 0.15) is 5.82 Å². The van der Waals surface area contributed by atoms with Crippen LogP contribution in [0.1, 0.15) is 31.4 Å². The van der Waals surface area contributed by atoms with E-state index in [1.165, 1.54) is 12.1 Å². The minimum Gasteiger partial charge on any atom is -0.385 e. The van der Waals surface area contributed by atoms with Crippen molar-refractivity contribution in [3.8, 4) is 0 Å². The van der Waals surface area contributed by atoms with E-state index in [-0.39, 0.29) is 5.82 Å². The van der Waals surface area contributed by atoms with Gasteiger partial charge in [0.25, 0.3) is 0 Å². The van der Waals surface area contributed by atoms with Gasteiger partial charge in [0, 0.05) is 24.7 Å². The summed E-state index contributed by atoms with van der Waals surface area (Å²) in [6, 6.07) is 6.32. The SMILES string of the molecule is CCCn1cc(C(C)(O)Cc2cccc(F)c2)cn1. The molecule has 1 atom stereocenters. The molecule has 0 aliphatic heterocycles. The zero-order valence-electron chi connectivity index (χ0n) is 11.3. The molecule has 0 radical (unpaired) electrons. The van der Waals surface area contributed by atoms with E-state index in [1.54, 1.807) is 19.2 Å². The van der Waals surface area contributed by atoms with Crippen LogP contribution in [0, 0.1) is 5.82 Å². The molecule has 0 aliphatic rings. The van der Waals surface area contributed by atoms with Gasteiger partial charge in [-0.25, -0.2) is 4.39 Å². The highest BCUT2D eigenvalue weighted by Gasteiger charge is 2.25. The van der Waals surface area contributed by atoms with Gasteiger partial charge in [-0.1, -0.05) is 19.1 Å². The number of halogens is 1. The lowest BCUT2D eigenvalue weighted by Gasteiger charge is -2.22. The third-order valence-corrected chi connectivity index (χ3v) is 3.15. The Kier molecular flexibility index (Phi) is 4.00. The average Bonchev–Trinajstić information content (AvgIpc) is 2.78. The second kappa shape index (κ2) is 5.53. The van der Waals surface area contributed by atoms with Gasteiger partial charge in [0.15, 0.2) is 0 Å². The molecular formula is C15H19FN2O. The number of hydrogen-bond donors (Lipinski definition) is 1. The molecule has 0 aliphatic carbocycles. The van der Waals surface area contributed by atoms with Gasteiger partial charge < -0.3 is 5.11 Å². The molecule has 19 heavy (non-hydrogen) atoms. The first-order valence-electron chi connectivity index (χ1n) is 6.51. The van der Waals surface area contributed by atoms with Crippen molar-refractivity contribution in [2.75, 3.05) is 0 Å². The Labute approximate surface area is 112 Å². The Morgan fingerprint density at radius 3 is 2.89 bits per heavy atom. The van der Waals surface area contributed by atoms with Crippen LogP contribution in [-0.4, -0.2) is 14.9 Å². The summed E-state index contributed by atoms with van der Waals surface area (Å²) in [4.78, 5) is 0. The summed E-state index contributed by atoms with van der Waals surface area (Å²) >= 11 is 0. The van der Waals surface area contributed by atoms with Crippen LogP contribution < -0.4 is 0 Å². The maximum atomic E-state index is 13.2. The molecule has 0 saturated carbocycles. The fraction of sp³-hybridized carbons (Fsp3) is 0.400. The summed E-state index contributed by atoms with van der Waals surface area (Å²) in [7, 11) is 0. The molecule has 2 rings (SSSR count). The van der Waals surface area contributed by atoms with E-state index in [1.807, 2.05) is 16.9 Å². The van der Waals surface area contributed by atoms with Crippen LogP contribution in [0.25, 0.3) is 0 Å². The number of hydrogen-bond acceptors (Lipinski definition) is 2. The van der Waals surface area contributed by atoms with Gasteiger partial charge in [0.2, 0.25) is 0 Å². The van der Waals surface area contributed by atoms with Crippen molar-refractivity contribution >= 4 is 0 Å². The van der Waals surface area contributed by atoms with Crippen LogP contribution in [0.5, 0.6) is 0 Å². The summed E-state index contributed by atoms with van der Waals surface area (Å²) < 4.78 is 15.0. The van der Waals surface area contributed by atoms with Gasteiger partial charge in [0.05, 0.1) is 11.8 Å². The van der Waals surface area contributed by atoms with Crippen LogP contribution in [0.4, 0.5) is 4.39 Å². The molecule has 102 valence electrons. The van der Waals surface area contributed by atoms with E-state index < -0.39 is 5.60 Å². The number of aromatic nitrogens is 2. The molecule has 0 fully saturated rings. The summed E-state index contributed by atoms with van der Waals surface area (Å²) in [5.74, 6) is -0.282. The Morgan fingerprint density at radius 2 is 2.21 bits per heavy atom. The lowest BCUT2D eigenvalue weighted by molar-refractivity contribution is 0.0574. The molecule has 1 unspecified atom stereocenters. The molecule has 1 aromatic heterocycles. The highest BCUT2D eigenvalue weighted by atomic mass is 19.1. The van der Waals surface area contributed by atoms with Gasteiger partial charge >= 0.3 is 0 Å². The molecule has 0 saturated heterocycles. The van der Waals surface area contributed by atoms with E-state index in [4.69, 9.17) is 0 Å². The number of benzene rings is 1. The monoisotopic (exact) mass is 262 g/mol. The zero-order valence-corrected chi connectivity index (χ0v) is 11.3. The molecule has 1 N–H and O–H groups in total. The van der Waals surface area contributed by atoms with E-state index in [0.717, 1.165) is 24.1 Å². The Bertz CT molecular complexity index is 549. The summed E-state index contributed by atoms with van der Waals surface area (Å²) in [5, 5.41) is 14.7. The number of aryl methyl sites for hydroxylation is 1. The highest BCUT2D eigenvalue weighted by molar-refractivity contribution is 5.23. The predicted octanol–water partition coefficient (Wildman–Crippen LogP) is 2.88. The fourth-order valence-corrected chi connectivity index (χ4v) is 2.14. The second-order valence-corrected chi connectivity index (χ2v) is 5.07. The minimum atomic E-state index is -1.04. The molecule has 1 heterocycles. The van der Waals surface area contributed by atoms with Crippen molar-refractivity contribution in [3.63, 3.8) is 0 Å². The topological polar surface area (TPSA) is 38.0 Å². The Hall–Kier alpha value is -1.68. The lowest BCUT2D eigenvalue weighted by atomic mass is 9.91. The maximum absolute atomic E-state index is 13.2. The van der Waals surface area contributed by atoms with E-state index in [2.05, 4.69) is 12.0 Å². The summed E-state index contributed by atoms with van der Waals surface area (Å²) in [5.41, 5.74) is 0.484. The van der Waals surface area contributed by atoms with Crippen LogP contribution in [0.3, 0.4) is 0 Å². The average molecular weight is 262 g/mol. The number of nitrogens with zero attached hydrogens (tertiary/aromatic N) is 2. The minimum absolute atomic E-state index is 0.282. The van der Waals surface area contributed by atoms with E-state index >= 15 is 0 Å². The second-order valence-electron chi connectivity index (χ2n) is 5.07. The van der Waals surface area contributed by atoms with Gasteiger partial charge in [-0.15, -0.1) is 0 Å². The van der Waals surface area contributed by atoms with Crippen molar-refractivity contribution in [1.82, 2.24) is 9.78 Å². The molecule has 0 amide bonds. The van der Waals surface area contributed by atoms with Crippen molar-refractivity contribution in [2.45, 2.75) is 38.8 Å². The first-order valence-corrected chi connectivity index (χ1v) is 6.51. The molecule has 3 nitrogen and oxygen atoms in total. The first kappa shape index (κ1) is 13.7. The third kappa shape index (κ3) is 3.41. The molecule has 0 spiro atoms. The normalized spacial score (nSPS) is 14.3. The Morgan fingerprint density at radius 1 is 1.42 bits per heavy atom. The van der Waals surface area contributed by atoms with Crippen LogP contribution in [-0.2, 0) is 18.6 Å². The quantitative estimate of drug-likeness (QED) is 0.899. The smallest absolute Gasteiger partial charge is 0.123 e. The maximum Gasteiger partial charge on any atom is 0.123 e. The van der Waals surface area contributed by atoms with Crippen molar-refractivity contribution in [3.05, 3.63) is 53.6 Å². The number of aliphatic hydroxyl groups is 1. The van der Waals surface area contributed by atoms with E-state index in [9.17, 15) is 9.50 Å². The Balaban J connectivity index is 2.16. The largest absolute Gasteiger partial charge is 0.385 e. The van der Waals surface area contributed by atoms with Crippen molar-refractivity contribution in [2.24, 2.45) is 0 Å². The van der Waals surface area contributed by atoms with Crippen molar-refractivity contribution in [1.29, 1.82) is 0 Å². The first-order chi connectivity index (χ1) is 9.01. The molecule has 4 heteroatoms. The van der Waals surface area contributed by atoms with Crippen LogP contribution >= 0.6 is 0 Å². The van der Waals surface area contributed by atoms with E-state index in [0.29, 0.717) is 6.42 Å². The summed E-state index contributed by atoms with van der Waals surface area (Å²) in [6.45, 7) is 4.63. The van der Waals surface area contributed by atoms with Gasteiger partial charge in [-0.2, -0.15) is 5.10 Å². The molecule has 2 aromatic rings. The van der Waals surface area contributed by atoms with Crippen molar-refractivity contribution < 1.29 is 9.50 Å². The molecule has 0 bridgehead atoms. The third-order valence-electron chi connectivity index (χ3n) is 3.15. The standard InChI is InChI=1S/C15H19FN2O/c1-3-7-18-11-13(10-17-18)15(2,19)9-12-5-4-6-14(16)8-12/h4-6,8,10-11,19H,3,7,9H2,1-2H3. The highest BCUT2D eigenvalue weighted by Crippen LogP contribution is 2.25. The van der Waals surface area contributed by atoms with Crippen LogP contribution in [0.2, 0.25) is 0 Å². The lowest BCUT2D eigenvalue weighted by Crippen LogP contribution is -2.23.